The fourth-order valence-corrected chi connectivity index (χ4v) is 4.80. The summed E-state index contributed by atoms with van der Waals surface area (Å²) in [5, 5.41) is 4.49. The van der Waals surface area contributed by atoms with E-state index in [-0.39, 0.29) is 23.7 Å². The summed E-state index contributed by atoms with van der Waals surface area (Å²) in [6.07, 6.45) is 0. The molecule has 0 fully saturated rings. The van der Waals surface area contributed by atoms with Crippen LogP contribution in [0.3, 0.4) is 0 Å². The molecule has 0 aliphatic carbocycles. The van der Waals surface area contributed by atoms with Gasteiger partial charge < -0.3 is 23.4 Å². The number of ether oxygens (including phenoxy) is 2. The Bertz CT molecular complexity index is 1240. The molecule has 0 aromatic heterocycles. The number of hydrogen-bond donors (Lipinski definition) is 0. The quantitative estimate of drug-likeness (QED) is 0.101. The van der Waals surface area contributed by atoms with E-state index in [2.05, 4.69) is 5.16 Å². The second-order valence-electron chi connectivity index (χ2n) is 7.02. The van der Waals surface area contributed by atoms with Crippen molar-refractivity contribution in [3.8, 4) is 17.2 Å². The fourth-order valence-electron chi connectivity index (χ4n) is 2.91. The molecule has 0 aliphatic rings. The van der Waals surface area contributed by atoms with Gasteiger partial charge in [0.15, 0.2) is 12.1 Å². The number of rotatable bonds is 12. The molecule has 0 amide bonds. The van der Waals surface area contributed by atoms with Crippen LogP contribution < -0.4 is 9.47 Å². The van der Waals surface area contributed by atoms with E-state index in [1.54, 1.807) is 56.3 Å². The van der Waals surface area contributed by atoms with Gasteiger partial charge in [0.2, 0.25) is 0 Å². The first-order chi connectivity index (χ1) is 17.3. The second kappa shape index (κ2) is 13.4. The minimum atomic E-state index is -3.95. The number of benzene rings is 3. The highest BCUT2D eigenvalue weighted by molar-refractivity contribution is 7.73. The summed E-state index contributed by atoms with van der Waals surface area (Å²) in [4.78, 5) is 17.4. The molecule has 0 bridgehead atoms. The molecule has 11 heteroatoms. The number of nitrogens with zero attached hydrogens (tertiary/aromatic N) is 1. The van der Waals surface area contributed by atoms with Gasteiger partial charge in [0.25, 0.3) is 0 Å². The highest BCUT2D eigenvalue weighted by atomic mass is 35.5. The van der Waals surface area contributed by atoms with Crippen molar-refractivity contribution in [1.29, 1.82) is 0 Å². The summed E-state index contributed by atoms with van der Waals surface area (Å²) in [7, 11) is -3.95. The van der Waals surface area contributed by atoms with E-state index in [0.29, 0.717) is 27.8 Å². The van der Waals surface area contributed by atoms with Crippen LogP contribution in [0.15, 0.2) is 78.0 Å². The first-order valence-corrected chi connectivity index (χ1v) is 13.2. The maximum Gasteiger partial charge on any atom is 0.383 e. The molecule has 0 unspecified atom stereocenters. The van der Waals surface area contributed by atoms with Crippen molar-refractivity contribution in [2.24, 2.45) is 5.16 Å². The minimum Gasteiger partial charge on any atom is -0.482 e. The van der Waals surface area contributed by atoms with Crippen LogP contribution in [0.4, 0.5) is 0 Å². The number of carbonyl (C=O) groups excluding carboxylic acids is 1. The van der Waals surface area contributed by atoms with Crippen LogP contribution in [0.25, 0.3) is 0 Å². The second-order valence-corrected chi connectivity index (χ2v) is 9.77. The number of oxime groups is 1. The highest BCUT2D eigenvalue weighted by Crippen LogP contribution is 2.52. The van der Waals surface area contributed by atoms with Crippen LogP contribution in [-0.2, 0) is 23.2 Å². The van der Waals surface area contributed by atoms with E-state index in [1.807, 2.05) is 18.2 Å². The van der Waals surface area contributed by atoms with Crippen LogP contribution in [0, 0.1) is 0 Å². The van der Waals surface area contributed by atoms with Gasteiger partial charge in [-0.25, -0.2) is 4.79 Å². The summed E-state index contributed by atoms with van der Waals surface area (Å²) < 4.78 is 35.7. The van der Waals surface area contributed by atoms with Crippen molar-refractivity contribution < 1.29 is 32.7 Å². The summed E-state index contributed by atoms with van der Waals surface area (Å²) in [5.74, 6) is 0.512. The molecule has 0 saturated heterocycles. The molecule has 8 nitrogen and oxygen atoms in total. The molecule has 0 N–H and O–H groups in total. The Kier molecular flexibility index (Phi) is 10.3. The fraction of sp³-hybridized carbons (Fsp3) is 0.200. The molecule has 0 spiro atoms. The minimum absolute atomic E-state index is 0.0743. The standard InChI is InChI=1S/C25H24Cl2NO7P/c1-3-32-36(30,33-4-2)25(18-9-8-12-21(15-18)34-19-10-6-5-7-11-19)28-35-24(29)17-31-20-13-14-22(26)23(27)16-20/h5-16H,3-4,17H2,1-2H3. The molecular weight excluding hydrogens is 528 g/mol. The number of hydrogen-bond acceptors (Lipinski definition) is 8. The van der Waals surface area contributed by atoms with Crippen molar-refractivity contribution in [1.82, 2.24) is 0 Å². The van der Waals surface area contributed by atoms with Crippen molar-refractivity contribution in [3.05, 3.63) is 88.4 Å². The van der Waals surface area contributed by atoms with Crippen LogP contribution >= 0.6 is 30.8 Å². The lowest BCUT2D eigenvalue weighted by atomic mass is 10.2. The van der Waals surface area contributed by atoms with Crippen molar-refractivity contribution in [3.63, 3.8) is 0 Å². The van der Waals surface area contributed by atoms with E-state index in [9.17, 15) is 9.36 Å². The van der Waals surface area contributed by atoms with E-state index >= 15 is 0 Å². The van der Waals surface area contributed by atoms with Crippen LogP contribution in [0.2, 0.25) is 10.0 Å². The van der Waals surface area contributed by atoms with Gasteiger partial charge in [-0.05, 0) is 50.2 Å². The molecule has 0 heterocycles. The van der Waals surface area contributed by atoms with Gasteiger partial charge in [-0.2, -0.15) is 0 Å². The predicted molar refractivity (Wildman–Crippen MR) is 138 cm³/mol. The Morgan fingerprint density at radius 3 is 2.19 bits per heavy atom. The average molecular weight is 552 g/mol. The Labute approximate surface area is 219 Å². The van der Waals surface area contributed by atoms with Gasteiger partial charge in [0.05, 0.1) is 23.3 Å². The molecule has 3 rings (SSSR count). The highest BCUT2D eigenvalue weighted by Gasteiger charge is 2.34. The Hall–Kier alpha value is -2.87. The molecule has 190 valence electrons. The van der Waals surface area contributed by atoms with Gasteiger partial charge in [-0.1, -0.05) is 58.7 Å². The number of halogens is 2. The lowest BCUT2D eigenvalue weighted by molar-refractivity contribution is -0.145. The monoisotopic (exact) mass is 551 g/mol. The maximum absolute atomic E-state index is 13.6. The molecule has 0 aliphatic heterocycles. The van der Waals surface area contributed by atoms with Crippen LogP contribution in [0.5, 0.6) is 17.2 Å². The van der Waals surface area contributed by atoms with Crippen molar-refractivity contribution >= 4 is 42.2 Å². The lowest BCUT2D eigenvalue weighted by Gasteiger charge is -2.19. The first-order valence-electron chi connectivity index (χ1n) is 10.9. The van der Waals surface area contributed by atoms with Gasteiger partial charge in [-0.3, -0.25) is 4.57 Å². The summed E-state index contributed by atoms with van der Waals surface area (Å²) in [5.41, 5.74) is 0.138. The zero-order valence-corrected chi connectivity index (χ0v) is 22.0. The number of carbonyl (C=O) groups is 1. The molecule has 3 aromatic rings. The molecule has 36 heavy (non-hydrogen) atoms. The predicted octanol–water partition coefficient (Wildman–Crippen LogP) is 7.34. The van der Waals surface area contributed by atoms with Gasteiger partial charge in [-0.15, -0.1) is 0 Å². The van der Waals surface area contributed by atoms with E-state index in [0.717, 1.165) is 0 Å². The zero-order chi connectivity index (χ0) is 26.0. The van der Waals surface area contributed by atoms with E-state index in [4.69, 9.17) is 46.6 Å². The normalized spacial score (nSPS) is 11.7. The molecular formula is C25H24Cl2NO7P. The third-order valence-electron chi connectivity index (χ3n) is 4.41. The number of para-hydroxylation sites is 1. The SMILES string of the molecule is CCOP(=O)(OCC)C(=NOC(=O)COc1ccc(Cl)c(Cl)c1)c1cccc(Oc2ccccc2)c1. The summed E-state index contributed by atoms with van der Waals surface area (Å²) >= 11 is 11.8. The summed E-state index contributed by atoms with van der Waals surface area (Å²) in [6.45, 7) is 2.99. The summed E-state index contributed by atoms with van der Waals surface area (Å²) in [6, 6.07) is 20.3. The maximum atomic E-state index is 13.6. The molecule has 0 saturated carbocycles. The Balaban J connectivity index is 1.84. The third kappa shape index (κ3) is 7.82. The largest absolute Gasteiger partial charge is 0.482 e. The van der Waals surface area contributed by atoms with Crippen molar-refractivity contribution in [2.75, 3.05) is 19.8 Å². The van der Waals surface area contributed by atoms with Crippen molar-refractivity contribution in [2.45, 2.75) is 13.8 Å². The molecule has 0 atom stereocenters. The Morgan fingerprint density at radius 2 is 1.53 bits per heavy atom. The first kappa shape index (κ1) is 27.7. The third-order valence-corrected chi connectivity index (χ3v) is 7.20. The van der Waals surface area contributed by atoms with Crippen LogP contribution in [-0.4, -0.2) is 31.2 Å². The van der Waals surface area contributed by atoms with Gasteiger partial charge in [0.1, 0.15) is 17.2 Å². The topological polar surface area (TPSA) is 92.7 Å². The molecule has 3 aromatic carbocycles. The van der Waals surface area contributed by atoms with Gasteiger partial charge in [0, 0.05) is 11.6 Å². The average Bonchev–Trinajstić information content (AvgIpc) is 2.86. The molecule has 0 radical (unpaired) electrons. The smallest absolute Gasteiger partial charge is 0.383 e. The zero-order valence-electron chi connectivity index (χ0n) is 19.6. The lowest BCUT2D eigenvalue weighted by Crippen LogP contribution is -2.15. The van der Waals surface area contributed by atoms with E-state index < -0.39 is 20.2 Å². The van der Waals surface area contributed by atoms with Crippen LogP contribution in [0.1, 0.15) is 19.4 Å². The van der Waals surface area contributed by atoms with Gasteiger partial charge >= 0.3 is 13.6 Å². The Morgan fingerprint density at radius 1 is 0.833 bits per heavy atom. The van der Waals surface area contributed by atoms with E-state index in [1.165, 1.54) is 12.1 Å².